The number of imidazole rings is 1. The number of fused-ring (bicyclic) bond motifs is 1. The molecule has 4 rings (SSSR count). The number of carbonyl (C=O) groups excluding carboxylic acids is 1. The molecule has 0 aliphatic heterocycles. The smallest absolute Gasteiger partial charge is 0.257 e. The molecule has 1 amide bonds. The summed E-state index contributed by atoms with van der Waals surface area (Å²) in [7, 11) is 3.74. The van der Waals surface area contributed by atoms with Crippen molar-refractivity contribution in [2.24, 2.45) is 7.05 Å². The van der Waals surface area contributed by atoms with Crippen LogP contribution in [0.15, 0.2) is 36.7 Å². The first kappa shape index (κ1) is 14.8. The van der Waals surface area contributed by atoms with Gasteiger partial charge in [0.2, 0.25) is 0 Å². The Hall–Kier alpha value is -2.76. The Morgan fingerprint density at radius 2 is 1.96 bits per heavy atom. The minimum absolute atomic E-state index is 0.0931. The highest BCUT2D eigenvalue weighted by molar-refractivity contribution is 5.93. The van der Waals surface area contributed by atoms with Crippen LogP contribution < -0.4 is 0 Å². The third kappa shape index (κ3) is 2.64. The lowest BCUT2D eigenvalue weighted by atomic mass is 10.3. The lowest BCUT2D eigenvalue weighted by Gasteiger charge is -2.16. The molecule has 122 valence electrons. The van der Waals surface area contributed by atoms with E-state index in [2.05, 4.69) is 15.0 Å². The van der Waals surface area contributed by atoms with Gasteiger partial charge in [0.1, 0.15) is 11.6 Å². The average molecular weight is 321 g/mol. The number of para-hydroxylation sites is 2. The molecule has 0 spiro atoms. The lowest BCUT2D eigenvalue weighted by Crippen LogP contribution is -2.27. The topological polar surface area (TPSA) is 63.9 Å². The molecule has 6 heteroatoms. The summed E-state index contributed by atoms with van der Waals surface area (Å²) in [4.78, 5) is 27.5. The molecular formula is C18H19N5O. The molecule has 0 radical (unpaired) electrons. The van der Waals surface area contributed by atoms with E-state index >= 15 is 0 Å². The number of aromatic nitrogens is 4. The van der Waals surface area contributed by atoms with Crippen LogP contribution in [0.25, 0.3) is 11.0 Å². The first-order valence-corrected chi connectivity index (χ1v) is 8.11. The quantitative estimate of drug-likeness (QED) is 0.741. The van der Waals surface area contributed by atoms with Crippen LogP contribution in [0.4, 0.5) is 0 Å². The molecule has 0 saturated heterocycles. The second kappa shape index (κ2) is 5.70. The summed E-state index contributed by atoms with van der Waals surface area (Å²) in [5.41, 5.74) is 2.51. The SMILES string of the molecule is CN(Cc1nc2ccccc2n1C)C(=O)c1cnc(C2CC2)nc1. The fourth-order valence-electron chi connectivity index (χ4n) is 2.84. The largest absolute Gasteiger partial charge is 0.334 e. The number of aryl methyl sites for hydroxylation is 1. The van der Waals surface area contributed by atoms with Crippen molar-refractivity contribution >= 4 is 16.9 Å². The lowest BCUT2D eigenvalue weighted by molar-refractivity contribution is 0.0779. The number of hydrogen-bond donors (Lipinski definition) is 0. The molecule has 0 N–H and O–H groups in total. The van der Waals surface area contributed by atoms with Gasteiger partial charge in [-0.3, -0.25) is 4.79 Å². The average Bonchev–Trinajstić information content (AvgIpc) is 3.41. The van der Waals surface area contributed by atoms with Crippen LogP contribution in [0.3, 0.4) is 0 Å². The molecule has 1 aliphatic rings. The minimum Gasteiger partial charge on any atom is -0.334 e. The molecule has 1 aliphatic carbocycles. The molecule has 0 bridgehead atoms. The van der Waals surface area contributed by atoms with Gasteiger partial charge in [0, 0.05) is 32.4 Å². The highest BCUT2D eigenvalue weighted by atomic mass is 16.2. The summed E-state index contributed by atoms with van der Waals surface area (Å²) in [5.74, 6) is 2.10. The van der Waals surface area contributed by atoms with E-state index in [0.29, 0.717) is 18.0 Å². The number of hydrogen-bond acceptors (Lipinski definition) is 4. The van der Waals surface area contributed by atoms with Crippen LogP contribution in [0.2, 0.25) is 0 Å². The maximum absolute atomic E-state index is 12.6. The second-order valence-corrected chi connectivity index (χ2v) is 6.34. The molecule has 1 aromatic carbocycles. The van der Waals surface area contributed by atoms with E-state index in [1.54, 1.807) is 24.3 Å². The fourth-order valence-corrected chi connectivity index (χ4v) is 2.84. The van der Waals surface area contributed by atoms with Crippen molar-refractivity contribution < 1.29 is 4.79 Å². The monoisotopic (exact) mass is 321 g/mol. The van der Waals surface area contributed by atoms with Crippen molar-refractivity contribution in [3.63, 3.8) is 0 Å². The van der Waals surface area contributed by atoms with E-state index in [-0.39, 0.29) is 5.91 Å². The molecule has 2 aromatic heterocycles. The van der Waals surface area contributed by atoms with E-state index in [4.69, 9.17) is 0 Å². The summed E-state index contributed by atoms with van der Waals surface area (Å²) in [6.45, 7) is 0.439. The normalized spacial score (nSPS) is 14.1. The number of carbonyl (C=O) groups is 1. The van der Waals surface area contributed by atoms with Crippen molar-refractivity contribution in [2.45, 2.75) is 25.3 Å². The van der Waals surface area contributed by atoms with E-state index in [1.807, 2.05) is 35.9 Å². The summed E-state index contributed by atoms with van der Waals surface area (Å²) in [6, 6.07) is 7.96. The van der Waals surface area contributed by atoms with Gasteiger partial charge in [0.05, 0.1) is 23.1 Å². The van der Waals surface area contributed by atoms with Gasteiger partial charge in [0.15, 0.2) is 0 Å². The summed E-state index contributed by atoms with van der Waals surface area (Å²) >= 11 is 0. The van der Waals surface area contributed by atoms with Gasteiger partial charge in [-0.25, -0.2) is 15.0 Å². The highest BCUT2D eigenvalue weighted by Gasteiger charge is 2.26. The molecule has 1 saturated carbocycles. The fraction of sp³-hybridized carbons (Fsp3) is 0.333. The molecule has 24 heavy (non-hydrogen) atoms. The number of nitrogens with zero attached hydrogens (tertiary/aromatic N) is 5. The molecular weight excluding hydrogens is 302 g/mol. The first-order chi connectivity index (χ1) is 11.6. The molecule has 0 atom stereocenters. The van der Waals surface area contributed by atoms with E-state index in [1.165, 1.54) is 0 Å². The van der Waals surface area contributed by atoms with Gasteiger partial charge < -0.3 is 9.47 Å². The van der Waals surface area contributed by atoms with Crippen molar-refractivity contribution in [1.82, 2.24) is 24.4 Å². The van der Waals surface area contributed by atoms with Gasteiger partial charge in [-0.15, -0.1) is 0 Å². The van der Waals surface area contributed by atoms with Gasteiger partial charge in [0.25, 0.3) is 5.91 Å². The summed E-state index contributed by atoms with van der Waals surface area (Å²) in [6.07, 6.45) is 5.57. The Bertz CT molecular complexity index is 895. The Labute approximate surface area is 140 Å². The maximum Gasteiger partial charge on any atom is 0.257 e. The van der Waals surface area contributed by atoms with Gasteiger partial charge in [-0.1, -0.05) is 12.1 Å². The van der Waals surface area contributed by atoms with Crippen molar-refractivity contribution in [3.05, 3.63) is 53.9 Å². The molecule has 2 heterocycles. The van der Waals surface area contributed by atoms with Crippen LogP contribution in [-0.2, 0) is 13.6 Å². The zero-order valence-electron chi connectivity index (χ0n) is 13.8. The van der Waals surface area contributed by atoms with Crippen molar-refractivity contribution in [3.8, 4) is 0 Å². The Balaban J connectivity index is 1.52. The van der Waals surface area contributed by atoms with Crippen LogP contribution in [-0.4, -0.2) is 37.4 Å². The van der Waals surface area contributed by atoms with Crippen LogP contribution in [0.1, 0.15) is 40.8 Å². The number of benzene rings is 1. The molecule has 3 aromatic rings. The zero-order chi connectivity index (χ0) is 16.7. The van der Waals surface area contributed by atoms with Gasteiger partial charge in [-0.05, 0) is 25.0 Å². The first-order valence-electron chi connectivity index (χ1n) is 8.11. The van der Waals surface area contributed by atoms with E-state index in [9.17, 15) is 4.79 Å². The van der Waals surface area contributed by atoms with Crippen LogP contribution in [0, 0.1) is 0 Å². The Kier molecular flexibility index (Phi) is 3.52. The summed E-state index contributed by atoms with van der Waals surface area (Å²) in [5, 5.41) is 0. The highest BCUT2D eigenvalue weighted by Crippen LogP contribution is 2.37. The third-order valence-corrected chi connectivity index (χ3v) is 4.47. The van der Waals surface area contributed by atoms with Gasteiger partial charge >= 0.3 is 0 Å². The molecule has 1 fully saturated rings. The summed E-state index contributed by atoms with van der Waals surface area (Å²) < 4.78 is 2.02. The standard InChI is InChI=1S/C18H19N5O/c1-22(11-16-21-14-5-3-4-6-15(14)23(16)2)18(24)13-9-19-17(20-10-13)12-7-8-12/h3-6,9-10,12H,7-8,11H2,1-2H3. The minimum atomic E-state index is -0.0931. The predicted molar refractivity (Wildman–Crippen MR) is 90.5 cm³/mol. The van der Waals surface area contributed by atoms with Crippen LogP contribution in [0.5, 0.6) is 0 Å². The Morgan fingerprint density at radius 1 is 1.25 bits per heavy atom. The second-order valence-electron chi connectivity index (χ2n) is 6.34. The Morgan fingerprint density at radius 3 is 2.62 bits per heavy atom. The number of rotatable bonds is 4. The van der Waals surface area contributed by atoms with Crippen LogP contribution >= 0.6 is 0 Å². The third-order valence-electron chi connectivity index (χ3n) is 4.47. The van der Waals surface area contributed by atoms with Crippen molar-refractivity contribution in [2.75, 3.05) is 7.05 Å². The van der Waals surface area contributed by atoms with Gasteiger partial charge in [-0.2, -0.15) is 0 Å². The predicted octanol–water partition coefficient (Wildman–Crippen LogP) is 2.51. The van der Waals surface area contributed by atoms with Crippen molar-refractivity contribution in [1.29, 1.82) is 0 Å². The molecule has 6 nitrogen and oxygen atoms in total. The molecule has 0 unspecified atom stereocenters. The number of amides is 1. The zero-order valence-corrected chi connectivity index (χ0v) is 13.8. The van der Waals surface area contributed by atoms with E-state index in [0.717, 1.165) is 35.5 Å². The van der Waals surface area contributed by atoms with E-state index < -0.39 is 0 Å². The maximum atomic E-state index is 12.6.